The van der Waals surface area contributed by atoms with Crippen LogP contribution in [0.15, 0.2) is 6.20 Å². The quantitative estimate of drug-likeness (QED) is 0.546. The van der Waals surface area contributed by atoms with Crippen molar-refractivity contribution in [2.75, 3.05) is 5.73 Å². The van der Waals surface area contributed by atoms with Gasteiger partial charge in [0.1, 0.15) is 6.10 Å². The highest BCUT2D eigenvalue weighted by Gasteiger charge is 2.19. The van der Waals surface area contributed by atoms with Gasteiger partial charge in [0.2, 0.25) is 0 Å². The molecule has 2 atom stereocenters. The molecule has 0 aliphatic heterocycles. The third-order valence-corrected chi connectivity index (χ3v) is 2.16. The fourth-order valence-electron chi connectivity index (χ4n) is 0.664. The minimum absolute atomic E-state index is 0.300. The van der Waals surface area contributed by atoms with E-state index in [1.165, 1.54) is 12.3 Å². The van der Waals surface area contributed by atoms with E-state index in [0.717, 1.165) is 11.3 Å². The second-order valence-electron chi connectivity index (χ2n) is 2.12. The summed E-state index contributed by atoms with van der Waals surface area (Å²) in [5, 5.41) is 26.7. The Labute approximate surface area is 72.7 Å². The molecule has 64 valence electrons. The van der Waals surface area contributed by atoms with Crippen LogP contribution in [0, 0.1) is 11.3 Å². The van der Waals surface area contributed by atoms with Gasteiger partial charge in [-0.2, -0.15) is 5.26 Å². The van der Waals surface area contributed by atoms with Gasteiger partial charge in [-0.3, -0.25) is 0 Å². The van der Waals surface area contributed by atoms with Crippen LogP contribution in [0.2, 0.25) is 0 Å². The van der Waals surface area contributed by atoms with Gasteiger partial charge >= 0.3 is 0 Å². The van der Waals surface area contributed by atoms with Crippen LogP contribution in [0.5, 0.6) is 0 Å². The highest BCUT2D eigenvalue weighted by Crippen LogP contribution is 2.24. The Bertz CT molecular complexity index is 306. The van der Waals surface area contributed by atoms with E-state index < -0.39 is 12.2 Å². The van der Waals surface area contributed by atoms with Gasteiger partial charge in [-0.15, -0.1) is 0 Å². The normalized spacial score (nSPS) is 15.1. The van der Waals surface area contributed by atoms with Crippen molar-refractivity contribution in [2.24, 2.45) is 0 Å². The molecule has 1 aromatic rings. The number of nitrogen functional groups attached to an aromatic ring is 1. The predicted octanol–water partition coefficient (Wildman–Crippen LogP) is -0.357. The van der Waals surface area contributed by atoms with Crippen LogP contribution in [-0.2, 0) is 0 Å². The molecule has 0 bridgehead atoms. The zero-order valence-electron chi connectivity index (χ0n) is 6.01. The summed E-state index contributed by atoms with van der Waals surface area (Å²) < 4.78 is 0. The summed E-state index contributed by atoms with van der Waals surface area (Å²) >= 11 is 1.05. The van der Waals surface area contributed by atoms with E-state index in [4.69, 9.17) is 16.1 Å². The fraction of sp³-hybridized carbons (Fsp3) is 0.333. The third kappa shape index (κ3) is 1.71. The number of rotatable bonds is 2. The SMILES string of the molecule is N#CC(O)C(O)c1cnc(N)s1. The first-order valence-corrected chi connectivity index (χ1v) is 3.93. The number of nitriles is 1. The van der Waals surface area contributed by atoms with Crippen molar-refractivity contribution >= 4 is 16.5 Å². The zero-order chi connectivity index (χ0) is 9.14. The smallest absolute Gasteiger partial charge is 0.180 e. The summed E-state index contributed by atoms with van der Waals surface area (Å²) in [4.78, 5) is 4.06. The van der Waals surface area contributed by atoms with Crippen molar-refractivity contribution in [2.45, 2.75) is 12.2 Å². The number of aromatic nitrogens is 1. The lowest BCUT2D eigenvalue weighted by Gasteiger charge is -2.07. The standard InChI is InChI=1S/C6H7N3O2S/c7-1-3(10)5(11)4-2-9-6(8)12-4/h2-3,5,10-11H,(H2,8,9). The van der Waals surface area contributed by atoms with Gasteiger partial charge < -0.3 is 15.9 Å². The number of nitrogens with zero attached hydrogens (tertiary/aromatic N) is 2. The Kier molecular flexibility index (Phi) is 2.60. The number of aliphatic hydroxyl groups is 2. The van der Waals surface area contributed by atoms with Crippen molar-refractivity contribution in [1.82, 2.24) is 4.98 Å². The first-order chi connectivity index (χ1) is 5.65. The number of anilines is 1. The molecule has 5 nitrogen and oxygen atoms in total. The number of nitrogens with two attached hydrogens (primary N) is 1. The Hall–Kier alpha value is -1.16. The minimum Gasteiger partial charge on any atom is -0.384 e. The second kappa shape index (κ2) is 3.49. The predicted molar refractivity (Wildman–Crippen MR) is 43.1 cm³/mol. The average molecular weight is 185 g/mol. The number of hydrogen-bond donors (Lipinski definition) is 3. The van der Waals surface area contributed by atoms with E-state index in [0.29, 0.717) is 10.0 Å². The van der Waals surface area contributed by atoms with E-state index >= 15 is 0 Å². The van der Waals surface area contributed by atoms with Gasteiger partial charge in [-0.05, 0) is 0 Å². The summed E-state index contributed by atoms with van der Waals surface area (Å²) in [6.07, 6.45) is -1.31. The molecule has 0 aliphatic rings. The van der Waals surface area contributed by atoms with E-state index in [1.807, 2.05) is 0 Å². The van der Waals surface area contributed by atoms with Gasteiger partial charge in [0.15, 0.2) is 11.2 Å². The van der Waals surface area contributed by atoms with Crippen molar-refractivity contribution < 1.29 is 10.2 Å². The molecule has 1 aromatic heterocycles. The Morgan fingerprint density at radius 3 is 2.75 bits per heavy atom. The molecule has 4 N–H and O–H groups in total. The van der Waals surface area contributed by atoms with Crippen LogP contribution in [0.25, 0.3) is 0 Å². The van der Waals surface area contributed by atoms with Gasteiger partial charge in [0, 0.05) is 6.20 Å². The zero-order valence-corrected chi connectivity index (χ0v) is 6.82. The third-order valence-electron chi connectivity index (χ3n) is 1.26. The number of thiazole rings is 1. The molecule has 0 spiro atoms. The monoisotopic (exact) mass is 185 g/mol. The van der Waals surface area contributed by atoms with Crippen molar-refractivity contribution in [1.29, 1.82) is 5.26 Å². The summed E-state index contributed by atoms with van der Waals surface area (Å²) in [6, 6.07) is 1.52. The Morgan fingerprint density at radius 1 is 1.67 bits per heavy atom. The summed E-state index contributed by atoms with van der Waals surface area (Å²) in [7, 11) is 0. The Balaban J connectivity index is 2.79. The summed E-state index contributed by atoms with van der Waals surface area (Å²) in [6.45, 7) is 0. The molecular weight excluding hydrogens is 178 g/mol. The maximum Gasteiger partial charge on any atom is 0.180 e. The van der Waals surface area contributed by atoms with Gasteiger partial charge in [0.25, 0.3) is 0 Å². The highest BCUT2D eigenvalue weighted by atomic mass is 32.1. The molecule has 0 saturated heterocycles. The van der Waals surface area contributed by atoms with Crippen LogP contribution >= 0.6 is 11.3 Å². The van der Waals surface area contributed by atoms with E-state index in [9.17, 15) is 5.11 Å². The number of aliphatic hydroxyl groups excluding tert-OH is 2. The molecule has 6 heteroatoms. The summed E-state index contributed by atoms with van der Waals surface area (Å²) in [5.41, 5.74) is 5.29. The van der Waals surface area contributed by atoms with Gasteiger partial charge in [0.05, 0.1) is 10.9 Å². The molecule has 0 amide bonds. The van der Waals surface area contributed by atoms with Crippen LogP contribution in [-0.4, -0.2) is 21.3 Å². The topological polar surface area (TPSA) is 103 Å². The summed E-state index contributed by atoms with van der Waals surface area (Å²) in [5.74, 6) is 0. The molecule has 1 heterocycles. The van der Waals surface area contributed by atoms with Crippen LogP contribution in [0.4, 0.5) is 5.13 Å². The van der Waals surface area contributed by atoms with Gasteiger partial charge in [-0.25, -0.2) is 4.98 Å². The van der Waals surface area contributed by atoms with E-state index in [2.05, 4.69) is 4.98 Å². The molecule has 0 aliphatic carbocycles. The van der Waals surface area contributed by atoms with Crippen molar-refractivity contribution in [3.8, 4) is 6.07 Å². The average Bonchev–Trinajstić information content (AvgIpc) is 2.49. The largest absolute Gasteiger partial charge is 0.384 e. The van der Waals surface area contributed by atoms with Crippen LogP contribution < -0.4 is 5.73 Å². The molecule has 0 fully saturated rings. The molecule has 0 saturated carbocycles. The van der Waals surface area contributed by atoms with Crippen LogP contribution in [0.1, 0.15) is 11.0 Å². The van der Waals surface area contributed by atoms with Gasteiger partial charge in [-0.1, -0.05) is 11.3 Å². The van der Waals surface area contributed by atoms with E-state index in [1.54, 1.807) is 0 Å². The number of hydrogen-bond acceptors (Lipinski definition) is 6. The van der Waals surface area contributed by atoms with Crippen molar-refractivity contribution in [3.05, 3.63) is 11.1 Å². The molecule has 12 heavy (non-hydrogen) atoms. The Morgan fingerprint density at radius 2 is 2.33 bits per heavy atom. The fourth-order valence-corrected chi connectivity index (χ4v) is 1.37. The maximum absolute atomic E-state index is 9.24. The molecule has 1 rings (SSSR count). The van der Waals surface area contributed by atoms with Crippen LogP contribution in [0.3, 0.4) is 0 Å². The molecule has 0 aromatic carbocycles. The molecule has 2 unspecified atom stereocenters. The highest BCUT2D eigenvalue weighted by molar-refractivity contribution is 7.15. The lowest BCUT2D eigenvalue weighted by Crippen LogP contribution is -2.14. The minimum atomic E-state index is -1.43. The molecule has 0 radical (unpaired) electrons. The molecular formula is C6H7N3O2S. The lowest BCUT2D eigenvalue weighted by atomic mass is 10.2. The lowest BCUT2D eigenvalue weighted by molar-refractivity contribution is 0.0551. The second-order valence-corrected chi connectivity index (χ2v) is 3.21. The van der Waals surface area contributed by atoms with Crippen molar-refractivity contribution in [3.63, 3.8) is 0 Å². The first-order valence-electron chi connectivity index (χ1n) is 3.12. The maximum atomic E-state index is 9.24. The van der Waals surface area contributed by atoms with E-state index in [-0.39, 0.29) is 0 Å². The first kappa shape index (κ1) is 8.93.